The van der Waals surface area contributed by atoms with Crippen molar-refractivity contribution in [2.75, 3.05) is 36.9 Å². The second kappa shape index (κ2) is 32.6. The summed E-state index contributed by atoms with van der Waals surface area (Å²) in [6.07, 6.45) is 23.2. The highest BCUT2D eigenvalue weighted by Gasteiger charge is 2.26. The first-order chi connectivity index (χ1) is 29.9. The third kappa shape index (κ3) is 20.0. The van der Waals surface area contributed by atoms with Crippen LogP contribution in [0, 0.1) is 18.8 Å². The Labute approximate surface area is 382 Å². The molecule has 2 N–H and O–H groups in total. The van der Waals surface area contributed by atoms with Gasteiger partial charge in [0.2, 0.25) is 0 Å². The summed E-state index contributed by atoms with van der Waals surface area (Å²) in [5.74, 6) is 2.25. The van der Waals surface area contributed by atoms with E-state index >= 15 is 0 Å². The number of nitrogens with one attached hydrogen (secondary N) is 1. The molecule has 0 bridgehead atoms. The van der Waals surface area contributed by atoms with Crippen LogP contribution in [0.1, 0.15) is 197 Å². The molecule has 0 amide bonds. The fourth-order valence-corrected chi connectivity index (χ4v) is 7.35. The molecule has 5 heteroatoms. The van der Waals surface area contributed by atoms with E-state index in [2.05, 4.69) is 116 Å². The molecule has 346 valence electrons. The summed E-state index contributed by atoms with van der Waals surface area (Å²) in [5.41, 5.74) is 11.8. The van der Waals surface area contributed by atoms with Gasteiger partial charge in [-0.25, -0.2) is 0 Å². The van der Waals surface area contributed by atoms with E-state index in [1.807, 2.05) is 56.3 Å². The molecule has 1 aliphatic rings. The summed E-state index contributed by atoms with van der Waals surface area (Å²) >= 11 is 0. The van der Waals surface area contributed by atoms with E-state index in [4.69, 9.17) is 0 Å². The number of unbranched alkanes of at least 4 members (excludes halogenated alkanes) is 3. The first-order valence-electron chi connectivity index (χ1n) is 24.6. The van der Waals surface area contributed by atoms with E-state index in [0.29, 0.717) is 17.6 Å². The zero-order valence-electron chi connectivity index (χ0n) is 42.0. The highest BCUT2D eigenvalue weighted by molar-refractivity contribution is 5.75. The lowest BCUT2D eigenvalue weighted by Gasteiger charge is -2.31. The van der Waals surface area contributed by atoms with Crippen molar-refractivity contribution in [1.29, 1.82) is 0 Å². The van der Waals surface area contributed by atoms with E-state index in [1.165, 1.54) is 123 Å². The predicted molar refractivity (Wildman–Crippen MR) is 276 cm³/mol. The van der Waals surface area contributed by atoms with Gasteiger partial charge in [0.25, 0.3) is 0 Å². The van der Waals surface area contributed by atoms with E-state index in [9.17, 15) is 9.90 Å². The van der Waals surface area contributed by atoms with Crippen LogP contribution in [0.25, 0.3) is 5.57 Å². The number of phenolic OH excluding ortho intramolecular Hbond substituents is 1. The Hall–Kier alpha value is -4.09. The largest absolute Gasteiger partial charge is 0.506 e. The molecule has 0 heterocycles. The zero-order chi connectivity index (χ0) is 46.5. The SMILES string of the molecule is C=CN(/C=C\C(C)CC)c1c(O)cc(NC)cc1C1CCC1.CC.CC/C(C)=C(/C)c1cc(Cc2ccc(C=O)cc2)ccc1C.CCCCCCN(CCC)CCC(C)CC. The average Bonchev–Trinajstić information content (AvgIpc) is 3.28. The van der Waals surface area contributed by atoms with Crippen molar-refractivity contribution < 1.29 is 9.90 Å². The average molecular weight is 850 g/mol. The number of allylic oxidation sites excluding steroid dienone is 3. The molecule has 62 heavy (non-hydrogen) atoms. The van der Waals surface area contributed by atoms with Gasteiger partial charge >= 0.3 is 0 Å². The normalized spacial score (nSPS) is 13.6. The van der Waals surface area contributed by atoms with Crippen molar-refractivity contribution in [3.05, 3.63) is 119 Å². The lowest BCUT2D eigenvalue weighted by molar-refractivity contribution is 0.112. The maximum Gasteiger partial charge on any atom is 0.150 e. The van der Waals surface area contributed by atoms with Gasteiger partial charge < -0.3 is 20.2 Å². The Kier molecular flexibility index (Phi) is 29.4. The van der Waals surface area contributed by atoms with Crippen molar-refractivity contribution in [1.82, 2.24) is 4.90 Å². The number of anilines is 2. The molecule has 1 saturated carbocycles. The zero-order valence-corrected chi connectivity index (χ0v) is 42.0. The smallest absolute Gasteiger partial charge is 0.150 e. The van der Waals surface area contributed by atoms with Crippen molar-refractivity contribution in [2.45, 2.75) is 172 Å². The lowest BCUT2D eigenvalue weighted by atomic mass is 9.79. The first-order valence-corrected chi connectivity index (χ1v) is 24.6. The number of rotatable bonds is 23. The number of nitrogens with zero attached hydrogens (tertiary/aromatic N) is 2. The minimum atomic E-state index is 0.308. The van der Waals surface area contributed by atoms with Crippen LogP contribution in [0.3, 0.4) is 0 Å². The van der Waals surface area contributed by atoms with Gasteiger partial charge in [-0.15, -0.1) is 0 Å². The molecule has 0 saturated heterocycles. The summed E-state index contributed by atoms with van der Waals surface area (Å²) in [6.45, 7) is 34.3. The second-order valence-electron chi connectivity index (χ2n) is 17.3. The van der Waals surface area contributed by atoms with Crippen LogP contribution in [0.4, 0.5) is 11.4 Å². The van der Waals surface area contributed by atoms with Crippen molar-refractivity contribution in [2.24, 2.45) is 11.8 Å². The second-order valence-corrected chi connectivity index (χ2v) is 17.3. The monoisotopic (exact) mass is 850 g/mol. The third-order valence-corrected chi connectivity index (χ3v) is 12.5. The fraction of sp³-hybridized carbons (Fsp3) is 0.561. The Morgan fingerprint density at radius 2 is 1.55 bits per heavy atom. The maximum atomic E-state index is 10.7. The molecule has 2 atom stereocenters. The minimum absolute atomic E-state index is 0.308. The molecule has 3 aromatic rings. The van der Waals surface area contributed by atoms with Gasteiger partial charge in [-0.05, 0) is 143 Å². The number of phenols is 1. The van der Waals surface area contributed by atoms with Gasteiger partial charge in [0.1, 0.15) is 12.0 Å². The number of carbonyl (C=O) groups is 1. The highest BCUT2D eigenvalue weighted by Crippen LogP contribution is 2.46. The minimum Gasteiger partial charge on any atom is -0.506 e. The molecule has 0 spiro atoms. The van der Waals surface area contributed by atoms with Gasteiger partial charge in [-0.1, -0.05) is 162 Å². The fourth-order valence-electron chi connectivity index (χ4n) is 7.35. The van der Waals surface area contributed by atoms with E-state index in [0.717, 1.165) is 48.4 Å². The molecule has 0 radical (unpaired) electrons. The van der Waals surface area contributed by atoms with Crippen molar-refractivity contribution in [3.8, 4) is 5.75 Å². The molecule has 2 unspecified atom stereocenters. The van der Waals surface area contributed by atoms with Gasteiger partial charge in [-0.2, -0.15) is 0 Å². The van der Waals surface area contributed by atoms with E-state index < -0.39 is 0 Å². The number of aromatic hydroxyl groups is 1. The molecule has 3 aromatic carbocycles. The van der Waals surface area contributed by atoms with Gasteiger partial charge in [-0.3, -0.25) is 4.79 Å². The van der Waals surface area contributed by atoms with Crippen LogP contribution in [-0.4, -0.2) is 43.0 Å². The lowest BCUT2D eigenvalue weighted by Crippen LogP contribution is -2.28. The van der Waals surface area contributed by atoms with Crippen LogP contribution in [0.2, 0.25) is 0 Å². The molecule has 0 aromatic heterocycles. The van der Waals surface area contributed by atoms with Gasteiger partial charge in [0.05, 0.1) is 5.69 Å². The molecular formula is C57H91N3O2. The molecular weight excluding hydrogens is 759 g/mol. The molecule has 1 fully saturated rings. The van der Waals surface area contributed by atoms with Crippen LogP contribution in [0.15, 0.2) is 85.2 Å². The summed E-state index contributed by atoms with van der Waals surface area (Å²) in [4.78, 5) is 15.3. The summed E-state index contributed by atoms with van der Waals surface area (Å²) < 4.78 is 0. The quantitative estimate of drug-likeness (QED) is 0.0735. The van der Waals surface area contributed by atoms with E-state index in [1.54, 1.807) is 12.3 Å². The van der Waals surface area contributed by atoms with Crippen LogP contribution in [-0.2, 0) is 6.42 Å². The first kappa shape index (κ1) is 55.9. The summed E-state index contributed by atoms with van der Waals surface area (Å²) in [7, 11) is 1.88. The Morgan fingerprint density at radius 1 is 0.871 bits per heavy atom. The van der Waals surface area contributed by atoms with Crippen molar-refractivity contribution in [3.63, 3.8) is 0 Å². The van der Waals surface area contributed by atoms with Crippen molar-refractivity contribution >= 4 is 23.2 Å². The van der Waals surface area contributed by atoms with Gasteiger partial charge in [0, 0.05) is 36.8 Å². The predicted octanol–water partition coefficient (Wildman–Crippen LogP) is 16.6. The van der Waals surface area contributed by atoms with Crippen LogP contribution < -0.4 is 10.2 Å². The molecule has 0 aliphatic heterocycles. The number of hydrogen-bond donors (Lipinski definition) is 2. The molecule has 5 nitrogen and oxygen atoms in total. The number of carbonyl (C=O) groups excluding carboxylic acids is 1. The third-order valence-electron chi connectivity index (χ3n) is 12.5. The van der Waals surface area contributed by atoms with E-state index in [-0.39, 0.29) is 0 Å². The number of aldehydes is 1. The Bertz CT molecular complexity index is 1740. The van der Waals surface area contributed by atoms with Gasteiger partial charge in [0.15, 0.2) is 0 Å². The Balaban J connectivity index is 0.000000463. The number of benzene rings is 3. The number of aryl methyl sites for hydroxylation is 1. The van der Waals surface area contributed by atoms with Crippen LogP contribution >= 0.6 is 0 Å². The highest BCUT2D eigenvalue weighted by atomic mass is 16.3. The summed E-state index contributed by atoms with van der Waals surface area (Å²) in [5, 5.41) is 13.7. The van der Waals surface area contributed by atoms with Crippen LogP contribution in [0.5, 0.6) is 5.75 Å². The summed E-state index contributed by atoms with van der Waals surface area (Å²) in [6, 6.07) is 18.5. The molecule has 1 aliphatic carbocycles. The topological polar surface area (TPSA) is 55.8 Å². The standard InChI is InChI=1S/C21H24O.C19H28N2O.C15H33N.C2H6/c1-5-15(2)17(4)21-13-20(7-6-16(21)3)12-18-8-10-19(14-22)11-9-18;1-5-14(3)10-11-21(6-2)19-17(15-8-7-9-15)12-16(20-4)13-18(19)22;1-5-8-9-10-13-16(12-6-2)14-11-15(4)7-3;1-2/h6-11,13-14H,5,12H2,1-4H3;6,10-15,20,22H,2,5,7-9H2,1,3-4H3;15H,5-14H2,1-4H3;1-2H3/b17-15-;11-10-;;. The molecule has 4 rings (SSSR count). The Morgan fingerprint density at radius 3 is 2.08 bits per heavy atom. The maximum absolute atomic E-state index is 10.7. The number of hydrogen-bond acceptors (Lipinski definition) is 5.